The highest BCUT2D eigenvalue weighted by atomic mass is 35.5. The number of imide groups is 1. The third-order valence-electron chi connectivity index (χ3n) is 4.49. The van der Waals surface area contributed by atoms with Crippen molar-refractivity contribution in [2.24, 2.45) is 0 Å². The molecular formula is C15H14ClN5O3S. The second-order valence-corrected chi connectivity index (χ2v) is 7.40. The smallest absolute Gasteiger partial charge is 0.328 e. The Hall–Kier alpha value is -2.26. The fraction of sp³-hybridized carbons (Fsp3) is 0.400. The van der Waals surface area contributed by atoms with Gasteiger partial charge in [-0.05, 0) is 25.8 Å². The van der Waals surface area contributed by atoms with Gasteiger partial charge in [0.05, 0.1) is 6.54 Å². The van der Waals surface area contributed by atoms with Crippen molar-refractivity contribution in [1.29, 1.82) is 0 Å². The summed E-state index contributed by atoms with van der Waals surface area (Å²) in [7, 11) is 0. The summed E-state index contributed by atoms with van der Waals surface area (Å²) < 4.78 is 0. The predicted octanol–water partition coefficient (Wildman–Crippen LogP) is 2.28. The van der Waals surface area contributed by atoms with Crippen LogP contribution in [0, 0.1) is 0 Å². The van der Waals surface area contributed by atoms with Gasteiger partial charge in [-0.25, -0.2) is 9.78 Å². The van der Waals surface area contributed by atoms with Crippen molar-refractivity contribution in [1.82, 2.24) is 25.0 Å². The lowest BCUT2D eigenvalue weighted by Crippen LogP contribution is -2.36. The van der Waals surface area contributed by atoms with Crippen LogP contribution >= 0.6 is 22.9 Å². The van der Waals surface area contributed by atoms with Crippen LogP contribution in [0.15, 0.2) is 12.3 Å². The molecule has 3 amide bonds. The van der Waals surface area contributed by atoms with Crippen LogP contribution in [0.1, 0.15) is 24.8 Å². The summed E-state index contributed by atoms with van der Waals surface area (Å²) in [5.41, 5.74) is -0.0928. The highest BCUT2D eigenvalue weighted by Crippen LogP contribution is 2.48. The third kappa shape index (κ3) is 2.46. The molecule has 0 radical (unpaired) electrons. The van der Waals surface area contributed by atoms with Crippen LogP contribution in [0.2, 0.25) is 5.15 Å². The van der Waals surface area contributed by atoms with Crippen LogP contribution in [0.25, 0.3) is 10.6 Å². The molecule has 130 valence electrons. The molecule has 0 aromatic carbocycles. The van der Waals surface area contributed by atoms with Crippen LogP contribution in [-0.4, -0.2) is 54.1 Å². The molecule has 2 aromatic heterocycles. The zero-order chi connectivity index (χ0) is 17.8. The number of halogens is 1. The van der Waals surface area contributed by atoms with Crippen LogP contribution in [0.3, 0.4) is 0 Å². The maximum atomic E-state index is 12.5. The number of carbonyl (C=O) groups is 2. The Morgan fingerprint density at radius 2 is 2.12 bits per heavy atom. The first-order valence-electron chi connectivity index (χ1n) is 7.77. The van der Waals surface area contributed by atoms with Crippen molar-refractivity contribution in [3.05, 3.63) is 22.4 Å². The maximum Gasteiger partial charge on any atom is 0.328 e. The van der Waals surface area contributed by atoms with Gasteiger partial charge >= 0.3 is 6.03 Å². The number of hydrogen-bond donors (Lipinski definition) is 1. The lowest BCUT2D eigenvalue weighted by atomic mass is 10.2. The van der Waals surface area contributed by atoms with E-state index in [2.05, 4.69) is 15.2 Å². The molecule has 1 saturated heterocycles. The predicted molar refractivity (Wildman–Crippen MR) is 90.1 cm³/mol. The molecule has 2 fully saturated rings. The summed E-state index contributed by atoms with van der Waals surface area (Å²) in [4.78, 5) is 31.7. The lowest BCUT2D eigenvalue weighted by molar-refractivity contribution is -0.129. The maximum absolute atomic E-state index is 12.5. The third-order valence-corrected chi connectivity index (χ3v) is 5.74. The van der Waals surface area contributed by atoms with E-state index in [1.165, 1.54) is 28.5 Å². The van der Waals surface area contributed by atoms with Gasteiger partial charge in [0.2, 0.25) is 0 Å². The fourth-order valence-corrected chi connectivity index (χ4v) is 3.92. The van der Waals surface area contributed by atoms with E-state index in [4.69, 9.17) is 11.6 Å². The van der Waals surface area contributed by atoms with Gasteiger partial charge in [0.25, 0.3) is 5.91 Å². The minimum absolute atomic E-state index is 0.0185. The number of pyridine rings is 1. The standard InChI is InChI=1S/C15H14ClN5O3S/c1-2-20-13(23)15(3-4-15)21(14(20)24)7-10-18-19-12(25-10)8-5-9(22)11(16)17-6-8/h5-6,22H,2-4,7H2,1H3. The molecule has 25 heavy (non-hydrogen) atoms. The van der Waals surface area contributed by atoms with E-state index in [1.54, 1.807) is 11.8 Å². The number of aromatic hydroxyl groups is 1. The van der Waals surface area contributed by atoms with Crippen molar-refractivity contribution in [2.45, 2.75) is 31.8 Å². The van der Waals surface area contributed by atoms with Gasteiger partial charge in [-0.1, -0.05) is 22.9 Å². The average Bonchev–Trinajstić information content (AvgIpc) is 3.22. The summed E-state index contributed by atoms with van der Waals surface area (Å²) in [6.07, 6.45) is 2.88. The Kier molecular flexibility index (Phi) is 3.66. The van der Waals surface area contributed by atoms with E-state index < -0.39 is 5.54 Å². The minimum atomic E-state index is -0.682. The Bertz CT molecular complexity index is 882. The summed E-state index contributed by atoms with van der Waals surface area (Å²) in [6, 6.07) is 1.19. The second kappa shape index (κ2) is 5.63. The first kappa shape index (κ1) is 16.2. The van der Waals surface area contributed by atoms with Crippen molar-refractivity contribution in [3.8, 4) is 16.3 Å². The molecule has 8 nitrogen and oxygen atoms in total. The minimum Gasteiger partial charge on any atom is -0.505 e. The van der Waals surface area contributed by atoms with Crippen LogP contribution in [-0.2, 0) is 11.3 Å². The SMILES string of the molecule is CCN1C(=O)N(Cc2nnc(-c3cnc(Cl)c(O)c3)s2)C2(CC2)C1=O. The van der Waals surface area contributed by atoms with Gasteiger partial charge in [0.15, 0.2) is 10.9 Å². The van der Waals surface area contributed by atoms with Crippen molar-refractivity contribution in [2.75, 3.05) is 6.54 Å². The van der Waals surface area contributed by atoms with Gasteiger partial charge in [-0.3, -0.25) is 9.69 Å². The molecule has 0 unspecified atom stereocenters. The van der Waals surface area contributed by atoms with Gasteiger partial charge in [-0.2, -0.15) is 0 Å². The monoisotopic (exact) mass is 379 g/mol. The van der Waals surface area contributed by atoms with E-state index >= 15 is 0 Å². The molecule has 3 heterocycles. The molecule has 0 bridgehead atoms. The van der Waals surface area contributed by atoms with Gasteiger partial charge in [0.1, 0.15) is 15.6 Å². The molecular weight excluding hydrogens is 366 g/mol. The highest BCUT2D eigenvalue weighted by molar-refractivity contribution is 7.14. The number of rotatable bonds is 4. The first-order valence-corrected chi connectivity index (χ1v) is 8.96. The molecule has 1 aliphatic heterocycles. The number of hydrogen-bond acceptors (Lipinski definition) is 7. The largest absolute Gasteiger partial charge is 0.505 e. The van der Waals surface area contributed by atoms with Crippen molar-refractivity contribution in [3.63, 3.8) is 0 Å². The number of amides is 3. The van der Waals surface area contributed by atoms with Crippen molar-refractivity contribution < 1.29 is 14.7 Å². The van der Waals surface area contributed by atoms with E-state index in [0.29, 0.717) is 35.0 Å². The van der Waals surface area contributed by atoms with Gasteiger partial charge in [0, 0.05) is 18.3 Å². The molecule has 10 heteroatoms. The van der Waals surface area contributed by atoms with Crippen LogP contribution in [0.5, 0.6) is 5.75 Å². The number of carbonyl (C=O) groups excluding carboxylic acids is 2. The quantitative estimate of drug-likeness (QED) is 0.646. The number of nitrogens with zero attached hydrogens (tertiary/aromatic N) is 5. The van der Waals surface area contributed by atoms with E-state index in [-0.39, 0.29) is 29.4 Å². The number of urea groups is 1. The van der Waals surface area contributed by atoms with Gasteiger partial charge in [-0.15, -0.1) is 10.2 Å². The Labute approximate surface area is 152 Å². The molecule has 1 N–H and O–H groups in total. The molecule has 2 aromatic rings. The summed E-state index contributed by atoms with van der Waals surface area (Å²) in [5.74, 6) is -0.247. The molecule has 1 aliphatic carbocycles. The number of likely N-dealkylation sites (N-methyl/N-ethyl adjacent to an activating group) is 1. The Balaban J connectivity index is 1.58. The summed E-state index contributed by atoms with van der Waals surface area (Å²) >= 11 is 7.00. The zero-order valence-electron chi connectivity index (χ0n) is 13.3. The van der Waals surface area contributed by atoms with E-state index in [9.17, 15) is 14.7 Å². The molecule has 0 atom stereocenters. The van der Waals surface area contributed by atoms with E-state index in [0.717, 1.165) is 0 Å². The van der Waals surface area contributed by atoms with Gasteiger partial charge < -0.3 is 10.0 Å². The molecule has 1 saturated carbocycles. The average molecular weight is 380 g/mol. The number of aromatic nitrogens is 3. The topological polar surface area (TPSA) is 99.5 Å². The Morgan fingerprint density at radius 3 is 2.76 bits per heavy atom. The van der Waals surface area contributed by atoms with Crippen LogP contribution < -0.4 is 0 Å². The normalized spacial score (nSPS) is 18.5. The summed E-state index contributed by atoms with van der Waals surface area (Å²) in [6.45, 7) is 2.40. The van der Waals surface area contributed by atoms with E-state index in [1.807, 2.05) is 0 Å². The Morgan fingerprint density at radius 1 is 1.36 bits per heavy atom. The fourth-order valence-electron chi connectivity index (χ4n) is 3.01. The molecule has 1 spiro atoms. The second-order valence-electron chi connectivity index (χ2n) is 5.98. The zero-order valence-corrected chi connectivity index (χ0v) is 14.8. The molecule has 4 rings (SSSR count). The first-order chi connectivity index (χ1) is 12.0. The summed E-state index contributed by atoms with van der Waals surface area (Å²) in [5, 5.41) is 19.1. The lowest BCUT2D eigenvalue weighted by Gasteiger charge is -2.19. The highest BCUT2D eigenvalue weighted by Gasteiger charge is 2.64. The van der Waals surface area contributed by atoms with Crippen molar-refractivity contribution >= 4 is 34.9 Å². The molecule has 2 aliphatic rings. The van der Waals surface area contributed by atoms with Crippen LogP contribution in [0.4, 0.5) is 4.79 Å².